The highest BCUT2D eigenvalue weighted by Gasteiger charge is 2.19. The van der Waals surface area contributed by atoms with Crippen LogP contribution in [0.5, 0.6) is 0 Å². The van der Waals surface area contributed by atoms with Gasteiger partial charge in [-0.15, -0.1) is 5.10 Å². The molecule has 0 bridgehead atoms. The van der Waals surface area contributed by atoms with Gasteiger partial charge < -0.3 is 5.32 Å². The van der Waals surface area contributed by atoms with Gasteiger partial charge in [0.2, 0.25) is 5.16 Å². The lowest BCUT2D eigenvalue weighted by atomic mass is 10.2. The number of tetrazole rings is 1. The zero-order valence-corrected chi connectivity index (χ0v) is 11.0. The van der Waals surface area contributed by atoms with Crippen molar-refractivity contribution in [2.75, 3.05) is 0 Å². The normalized spacial score (nSPS) is 14.9. The molecular formula is C12H15N5S. The van der Waals surface area contributed by atoms with Crippen LogP contribution in [0.15, 0.2) is 34.3 Å². The summed E-state index contributed by atoms with van der Waals surface area (Å²) in [5.74, 6) is 0. The Bertz CT molecular complexity index is 518. The number of hydrogen-bond donors (Lipinski definition) is 1. The highest BCUT2D eigenvalue weighted by molar-refractivity contribution is 7.99. The number of nitrogens with one attached hydrogen (secondary N) is 1. The van der Waals surface area contributed by atoms with Crippen molar-refractivity contribution in [1.29, 1.82) is 0 Å². The molecule has 0 unspecified atom stereocenters. The Morgan fingerprint density at radius 2 is 2.11 bits per heavy atom. The van der Waals surface area contributed by atoms with Crippen molar-refractivity contribution < 1.29 is 0 Å². The molecule has 0 amide bonds. The van der Waals surface area contributed by atoms with E-state index in [9.17, 15) is 0 Å². The Hall–Kier alpha value is -1.40. The van der Waals surface area contributed by atoms with Crippen LogP contribution < -0.4 is 5.32 Å². The largest absolute Gasteiger partial charge is 0.310 e. The molecule has 18 heavy (non-hydrogen) atoms. The molecule has 94 valence electrons. The van der Waals surface area contributed by atoms with Crippen LogP contribution in [0.2, 0.25) is 0 Å². The minimum Gasteiger partial charge on any atom is -0.310 e. The standard InChI is InChI=1S/C12H15N5S/c1-17-12(14-15-16-17)18-11-6-2-9(3-7-11)8-13-10-4-5-10/h2-3,6-7,10,13H,4-5,8H2,1H3. The minimum atomic E-state index is 0.753. The van der Waals surface area contributed by atoms with Crippen molar-refractivity contribution in [2.45, 2.75) is 35.5 Å². The average molecular weight is 261 g/mol. The van der Waals surface area contributed by atoms with Crippen LogP contribution in [0.3, 0.4) is 0 Å². The number of rotatable bonds is 5. The molecule has 0 spiro atoms. The van der Waals surface area contributed by atoms with Gasteiger partial charge in [0.25, 0.3) is 0 Å². The molecule has 1 N–H and O–H groups in total. The van der Waals surface area contributed by atoms with E-state index in [1.54, 1.807) is 16.4 Å². The Labute approximate surface area is 110 Å². The minimum absolute atomic E-state index is 0.753. The molecule has 1 aromatic carbocycles. The van der Waals surface area contributed by atoms with Crippen molar-refractivity contribution in [3.8, 4) is 0 Å². The number of aryl methyl sites for hydroxylation is 1. The summed E-state index contributed by atoms with van der Waals surface area (Å²) in [4.78, 5) is 1.16. The summed E-state index contributed by atoms with van der Waals surface area (Å²) in [6, 6.07) is 9.29. The molecule has 2 aromatic rings. The molecule has 1 aliphatic carbocycles. The van der Waals surface area contributed by atoms with Gasteiger partial charge in [-0.25, -0.2) is 4.68 Å². The molecule has 1 aliphatic rings. The van der Waals surface area contributed by atoms with Crippen LogP contribution >= 0.6 is 11.8 Å². The second-order valence-corrected chi connectivity index (χ2v) is 5.53. The summed E-state index contributed by atoms with van der Waals surface area (Å²) in [5.41, 5.74) is 1.32. The Balaban J connectivity index is 1.61. The van der Waals surface area contributed by atoms with E-state index >= 15 is 0 Å². The molecule has 1 heterocycles. The predicted octanol–water partition coefficient (Wildman–Crippen LogP) is 1.61. The van der Waals surface area contributed by atoms with Gasteiger partial charge in [-0.2, -0.15) is 0 Å². The molecule has 1 fully saturated rings. The van der Waals surface area contributed by atoms with Gasteiger partial charge in [0, 0.05) is 24.5 Å². The highest BCUT2D eigenvalue weighted by atomic mass is 32.2. The third-order valence-corrected chi connectivity index (χ3v) is 3.92. The van der Waals surface area contributed by atoms with E-state index < -0.39 is 0 Å². The molecule has 0 saturated heterocycles. The highest BCUT2D eigenvalue weighted by Crippen LogP contribution is 2.25. The first-order valence-electron chi connectivity index (χ1n) is 6.04. The molecule has 6 heteroatoms. The van der Waals surface area contributed by atoms with Crippen molar-refractivity contribution >= 4 is 11.8 Å². The van der Waals surface area contributed by atoms with E-state index in [0.717, 1.165) is 22.6 Å². The quantitative estimate of drug-likeness (QED) is 0.886. The Morgan fingerprint density at radius 1 is 1.33 bits per heavy atom. The lowest BCUT2D eigenvalue weighted by Gasteiger charge is -2.04. The van der Waals surface area contributed by atoms with E-state index in [0.29, 0.717) is 0 Å². The number of aromatic nitrogens is 4. The summed E-state index contributed by atoms with van der Waals surface area (Å²) in [6.45, 7) is 0.959. The van der Waals surface area contributed by atoms with Crippen LogP contribution in [-0.2, 0) is 13.6 Å². The molecule has 5 nitrogen and oxygen atoms in total. The van der Waals surface area contributed by atoms with Crippen LogP contribution in [0.25, 0.3) is 0 Å². The molecule has 0 atom stereocenters. The molecule has 0 radical (unpaired) electrons. The maximum atomic E-state index is 3.95. The van der Waals surface area contributed by atoms with Gasteiger partial charge in [-0.05, 0) is 52.7 Å². The number of benzene rings is 1. The third kappa shape index (κ3) is 2.88. The van der Waals surface area contributed by atoms with Crippen LogP contribution in [-0.4, -0.2) is 26.2 Å². The summed E-state index contributed by atoms with van der Waals surface area (Å²) in [6.07, 6.45) is 2.65. The molecular weight excluding hydrogens is 246 g/mol. The summed E-state index contributed by atoms with van der Waals surface area (Å²) in [7, 11) is 1.84. The van der Waals surface area contributed by atoms with Gasteiger partial charge in [-0.3, -0.25) is 0 Å². The first-order valence-corrected chi connectivity index (χ1v) is 6.85. The van der Waals surface area contributed by atoms with E-state index in [1.807, 2.05) is 7.05 Å². The smallest absolute Gasteiger partial charge is 0.213 e. The monoisotopic (exact) mass is 261 g/mol. The summed E-state index contributed by atoms with van der Waals surface area (Å²) >= 11 is 1.57. The topological polar surface area (TPSA) is 55.6 Å². The average Bonchev–Trinajstić information content (AvgIpc) is 3.13. The summed E-state index contributed by atoms with van der Waals surface area (Å²) < 4.78 is 1.67. The second kappa shape index (κ2) is 5.07. The predicted molar refractivity (Wildman–Crippen MR) is 69.2 cm³/mol. The maximum Gasteiger partial charge on any atom is 0.213 e. The first kappa shape index (κ1) is 11.7. The van der Waals surface area contributed by atoms with E-state index in [-0.39, 0.29) is 0 Å². The van der Waals surface area contributed by atoms with Gasteiger partial charge in [0.15, 0.2) is 0 Å². The van der Waals surface area contributed by atoms with Crippen LogP contribution in [0.1, 0.15) is 18.4 Å². The van der Waals surface area contributed by atoms with Crippen molar-refractivity contribution in [3.05, 3.63) is 29.8 Å². The van der Waals surface area contributed by atoms with Gasteiger partial charge in [-0.1, -0.05) is 12.1 Å². The van der Waals surface area contributed by atoms with Crippen molar-refractivity contribution in [1.82, 2.24) is 25.5 Å². The number of nitrogens with zero attached hydrogens (tertiary/aromatic N) is 4. The van der Waals surface area contributed by atoms with Crippen molar-refractivity contribution in [3.63, 3.8) is 0 Å². The lowest BCUT2D eigenvalue weighted by molar-refractivity contribution is 0.664. The Morgan fingerprint density at radius 3 is 2.72 bits per heavy atom. The molecule has 0 aliphatic heterocycles. The lowest BCUT2D eigenvalue weighted by Crippen LogP contribution is -2.14. The van der Waals surface area contributed by atoms with Crippen LogP contribution in [0.4, 0.5) is 0 Å². The number of hydrogen-bond acceptors (Lipinski definition) is 5. The zero-order chi connectivity index (χ0) is 12.4. The van der Waals surface area contributed by atoms with Gasteiger partial charge in [0.1, 0.15) is 0 Å². The Kier molecular flexibility index (Phi) is 3.29. The van der Waals surface area contributed by atoms with E-state index in [1.165, 1.54) is 18.4 Å². The maximum absolute atomic E-state index is 3.95. The van der Waals surface area contributed by atoms with Crippen molar-refractivity contribution in [2.24, 2.45) is 7.05 Å². The molecule has 3 rings (SSSR count). The zero-order valence-electron chi connectivity index (χ0n) is 10.2. The fraction of sp³-hybridized carbons (Fsp3) is 0.417. The molecule has 1 aromatic heterocycles. The SMILES string of the molecule is Cn1nnnc1Sc1ccc(CNC2CC2)cc1. The fourth-order valence-electron chi connectivity index (χ4n) is 1.64. The fourth-order valence-corrected chi connectivity index (χ4v) is 2.37. The van der Waals surface area contributed by atoms with Gasteiger partial charge in [0.05, 0.1) is 0 Å². The molecule has 1 saturated carbocycles. The van der Waals surface area contributed by atoms with Gasteiger partial charge >= 0.3 is 0 Å². The van der Waals surface area contributed by atoms with Crippen LogP contribution in [0, 0.1) is 0 Å². The summed E-state index contributed by atoms with van der Waals surface area (Å²) in [5, 5.41) is 15.7. The van der Waals surface area contributed by atoms with E-state index in [2.05, 4.69) is 45.1 Å². The first-order chi connectivity index (χ1) is 8.81. The second-order valence-electron chi connectivity index (χ2n) is 4.49. The van der Waals surface area contributed by atoms with E-state index in [4.69, 9.17) is 0 Å². The third-order valence-electron chi connectivity index (χ3n) is 2.89.